The molecule has 0 saturated carbocycles. The van der Waals surface area contributed by atoms with Gasteiger partial charge in [0.05, 0.1) is 12.6 Å². The lowest BCUT2D eigenvalue weighted by Crippen LogP contribution is -2.26. The molecule has 0 atom stereocenters. The van der Waals surface area contributed by atoms with Crippen LogP contribution in [0, 0.1) is 0 Å². The molecule has 0 spiro atoms. The van der Waals surface area contributed by atoms with Gasteiger partial charge in [-0.05, 0) is 53.7 Å². The fourth-order valence-corrected chi connectivity index (χ4v) is 3.39. The number of nitrogens with zero attached hydrogens (tertiary/aromatic N) is 2. The number of hydrogen-bond donors (Lipinski definition) is 0. The summed E-state index contributed by atoms with van der Waals surface area (Å²) in [6.07, 6.45) is 0. The molecule has 0 aliphatic rings. The summed E-state index contributed by atoms with van der Waals surface area (Å²) in [5.41, 5.74) is 2.71. The molecule has 27 heavy (non-hydrogen) atoms. The maximum Gasteiger partial charge on any atom is 0.419 e. The van der Waals surface area contributed by atoms with Gasteiger partial charge in [-0.1, -0.05) is 30.3 Å². The van der Waals surface area contributed by atoms with Crippen LogP contribution < -0.4 is 10.5 Å². The van der Waals surface area contributed by atoms with Crippen molar-refractivity contribution in [2.24, 2.45) is 0 Å². The topological polar surface area (TPSA) is 47.6 Å². The molecule has 0 bridgehead atoms. The Kier molecular flexibility index (Phi) is 4.69. The summed E-state index contributed by atoms with van der Waals surface area (Å²) < 4.78 is 12.3. The molecule has 3 aromatic carbocycles. The van der Waals surface area contributed by atoms with Crippen LogP contribution in [0.25, 0.3) is 21.9 Å². The number of likely N-dealkylation sites (N-methyl/N-ethyl adjacent to an activating group) is 1. The van der Waals surface area contributed by atoms with Gasteiger partial charge in [0.15, 0.2) is 5.58 Å². The Labute approximate surface area is 157 Å². The molecule has 0 amide bonds. The lowest BCUT2D eigenvalue weighted by molar-refractivity contribution is 0.308. The van der Waals surface area contributed by atoms with Crippen molar-refractivity contribution < 1.29 is 9.15 Å². The zero-order valence-corrected chi connectivity index (χ0v) is 15.5. The van der Waals surface area contributed by atoms with Crippen molar-refractivity contribution in [2.75, 3.05) is 20.7 Å². The number of para-hydroxylation sites is 2. The molecule has 0 radical (unpaired) electrons. The third-order valence-electron chi connectivity index (χ3n) is 4.84. The van der Waals surface area contributed by atoms with Crippen LogP contribution >= 0.6 is 0 Å². The predicted molar refractivity (Wildman–Crippen MR) is 107 cm³/mol. The largest absolute Gasteiger partial charge is 0.497 e. The normalized spacial score (nSPS) is 11.5. The van der Waals surface area contributed by atoms with Crippen LogP contribution in [0.2, 0.25) is 0 Å². The maximum atomic E-state index is 12.1. The Morgan fingerprint density at radius 2 is 1.81 bits per heavy atom. The van der Waals surface area contributed by atoms with Gasteiger partial charge in [-0.25, -0.2) is 4.79 Å². The van der Waals surface area contributed by atoms with Crippen LogP contribution in [0.1, 0.15) is 5.56 Å². The Bertz CT molecular complexity index is 1140. The molecule has 4 rings (SSSR count). The first-order chi connectivity index (χ1) is 13.1. The first-order valence-electron chi connectivity index (χ1n) is 8.97. The number of ether oxygens (including phenoxy) is 1. The molecule has 1 aromatic heterocycles. The number of methoxy groups -OCH3 is 1. The van der Waals surface area contributed by atoms with Crippen molar-refractivity contribution in [3.8, 4) is 5.75 Å². The molecular weight excluding hydrogens is 340 g/mol. The van der Waals surface area contributed by atoms with E-state index in [1.807, 2.05) is 36.4 Å². The second-order valence-corrected chi connectivity index (χ2v) is 6.77. The second-order valence-electron chi connectivity index (χ2n) is 6.77. The van der Waals surface area contributed by atoms with E-state index in [4.69, 9.17) is 9.15 Å². The molecule has 5 heteroatoms. The molecular formula is C22H22N2O3. The predicted octanol–water partition coefficient (Wildman–Crippen LogP) is 3.89. The van der Waals surface area contributed by atoms with Gasteiger partial charge in [-0.2, -0.15) is 0 Å². The molecule has 0 N–H and O–H groups in total. The number of aromatic nitrogens is 1. The van der Waals surface area contributed by atoms with Crippen molar-refractivity contribution in [1.29, 1.82) is 0 Å². The highest BCUT2D eigenvalue weighted by atomic mass is 16.5. The first-order valence-corrected chi connectivity index (χ1v) is 8.97. The summed E-state index contributed by atoms with van der Waals surface area (Å²) in [7, 11) is 3.74. The van der Waals surface area contributed by atoms with E-state index < -0.39 is 0 Å². The molecule has 0 saturated heterocycles. The minimum absolute atomic E-state index is 0.302. The summed E-state index contributed by atoms with van der Waals surface area (Å²) in [6.45, 7) is 2.16. The van der Waals surface area contributed by atoms with E-state index in [-0.39, 0.29) is 5.76 Å². The number of fused-ring (bicyclic) bond motifs is 2. The van der Waals surface area contributed by atoms with Crippen molar-refractivity contribution in [2.45, 2.75) is 13.1 Å². The van der Waals surface area contributed by atoms with E-state index in [2.05, 4.69) is 36.2 Å². The highest BCUT2D eigenvalue weighted by Crippen LogP contribution is 2.22. The molecule has 4 aromatic rings. The van der Waals surface area contributed by atoms with Crippen LogP contribution in [0.3, 0.4) is 0 Å². The summed E-state index contributed by atoms with van der Waals surface area (Å²) in [5, 5.41) is 2.36. The van der Waals surface area contributed by atoms with E-state index in [1.54, 1.807) is 11.7 Å². The zero-order valence-electron chi connectivity index (χ0n) is 15.5. The number of oxazole rings is 1. The highest BCUT2D eigenvalue weighted by Gasteiger charge is 2.09. The van der Waals surface area contributed by atoms with Gasteiger partial charge in [0.1, 0.15) is 5.75 Å². The van der Waals surface area contributed by atoms with E-state index in [0.29, 0.717) is 12.1 Å². The summed E-state index contributed by atoms with van der Waals surface area (Å²) in [4.78, 5) is 14.3. The van der Waals surface area contributed by atoms with Gasteiger partial charge in [0, 0.05) is 19.6 Å². The fraction of sp³-hybridized carbons (Fsp3) is 0.227. The van der Waals surface area contributed by atoms with Gasteiger partial charge in [0.25, 0.3) is 0 Å². The van der Waals surface area contributed by atoms with Crippen LogP contribution in [0.15, 0.2) is 69.9 Å². The average Bonchev–Trinajstić information content (AvgIpc) is 3.01. The molecule has 138 valence electrons. The summed E-state index contributed by atoms with van der Waals surface area (Å²) in [5.74, 6) is 0.564. The van der Waals surface area contributed by atoms with Crippen molar-refractivity contribution in [1.82, 2.24) is 9.47 Å². The van der Waals surface area contributed by atoms with E-state index in [9.17, 15) is 4.79 Å². The van der Waals surface area contributed by atoms with Crippen LogP contribution in [0.5, 0.6) is 5.75 Å². The minimum atomic E-state index is -0.302. The lowest BCUT2D eigenvalue weighted by Gasteiger charge is -2.17. The maximum absolute atomic E-state index is 12.1. The molecule has 0 fully saturated rings. The number of hydrogen-bond acceptors (Lipinski definition) is 4. The van der Waals surface area contributed by atoms with Gasteiger partial charge in [-0.3, -0.25) is 4.57 Å². The molecule has 0 aliphatic carbocycles. The molecule has 1 heterocycles. The van der Waals surface area contributed by atoms with E-state index in [0.717, 1.165) is 29.7 Å². The summed E-state index contributed by atoms with van der Waals surface area (Å²) in [6, 6.07) is 20.1. The summed E-state index contributed by atoms with van der Waals surface area (Å²) >= 11 is 0. The van der Waals surface area contributed by atoms with Crippen molar-refractivity contribution in [3.63, 3.8) is 0 Å². The van der Waals surface area contributed by atoms with Crippen molar-refractivity contribution >= 4 is 21.9 Å². The standard InChI is InChI=1S/C22H22N2O3/c1-23(11-12-24-20-5-3-4-6-21(20)27-22(24)25)15-16-7-8-18-14-19(26-2)10-9-17(18)13-16/h3-10,13-14H,11-12,15H2,1-2H3. The van der Waals surface area contributed by atoms with Gasteiger partial charge < -0.3 is 14.1 Å². The quantitative estimate of drug-likeness (QED) is 0.522. The molecule has 0 unspecified atom stereocenters. The number of rotatable bonds is 6. The third kappa shape index (κ3) is 3.59. The number of benzene rings is 3. The fourth-order valence-electron chi connectivity index (χ4n) is 3.39. The van der Waals surface area contributed by atoms with Crippen molar-refractivity contribution in [3.05, 3.63) is 76.8 Å². The minimum Gasteiger partial charge on any atom is -0.497 e. The smallest absolute Gasteiger partial charge is 0.419 e. The Morgan fingerprint density at radius 1 is 1.04 bits per heavy atom. The van der Waals surface area contributed by atoms with Crippen LogP contribution in [0.4, 0.5) is 0 Å². The van der Waals surface area contributed by atoms with Crippen LogP contribution in [-0.4, -0.2) is 30.2 Å². The Hall–Kier alpha value is -3.05. The zero-order chi connectivity index (χ0) is 18.8. The monoisotopic (exact) mass is 362 g/mol. The van der Waals surface area contributed by atoms with Gasteiger partial charge in [-0.15, -0.1) is 0 Å². The SMILES string of the molecule is COc1ccc2cc(CN(C)CCn3c(=O)oc4ccccc43)ccc2c1. The highest BCUT2D eigenvalue weighted by molar-refractivity contribution is 5.84. The molecule has 0 aliphatic heterocycles. The average molecular weight is 362 g/mol. The van der Waals surface area contributed by atoms with E-state index >= 15 is 0 Å². The van der Waals surface area contributed by atoms with E-state index in [1.165, 1.54) is 10.9 Å². The Balaban J connectivity index is 1.46. The van der Waals surface area contributed by atoms with Crippen LogP contribution in [-0.2, 0) is 13.1 Å². The Morgan fingerprint density at radius 3 is 2.67 bits per heavy atom. The van der Waals surface area contributed by atoms with Gasteiger partial charge in [0.2, 0.25) is 0 Å². The second kappa shape index (κ2) is 7.29. The first kappa shape index (κ1) is 17.4. The third-order valence-corrected chi connectivity index (χ3v) is 4.84. The molecule has 5 nitrogen and oxygen atoms in total. The lowest BCUT2D eigenvalue weighted by atomic mass is 10.1. The van der Waals surface area contributed by atoms with Gasteiger partial charge >= 0.3 is 5.76 Å².